The molecule has 2 aromatic carbocycles. The van der Waals surface area contributed by atoms with Crippen LogP contribution in [0.4, 0.5) is 0 Å². The number of hydrogen-bond donors (Lipinski definition) is 1. The number of rotatable bonds is 1. The van der Waals surface area contributed by atoms with Crippen LogP contribution in [0.15, 0.2) is 36.4 Å². The zero-order valence-corrected chi connectivity index (χ0v) is 14.4. The predicted octanol–water partition coefficient (Wildman–Crippen LogP) is 4.17. The fourth-order valence-corrected chi connectivity index (χ4v) is 4.82. The van der Waals surface area contributed by atoms with Crippen molar-refractivity contribution in [3.63, 3.8) is 0 Å². The van der Waals surface area contributed by atoms with Gasteiger partial charge in [0.15, 0.2) is 0 Å². The van der Waals surface area contributed by atoms with Gasteiger partial charge in [-0.3, -0.25) is 4.79 Å². The number of phenols is 1. The molecule has 0 unspecified atom stereocenters. The number of aromatic hydroxyl groups is 1. The van der Waals surface area contributed by atoms with Gasteiger partial charge in [-0.2, -0.15) is 0 Å². The predicted molar refractivity (Wildman–Crippen MR) is 96.8 cm³/mol. The van der Waals surface area contributed by atoms with Gasteiger partial charge in [0.1, 0.15) is 5.75 Å². The van der Waals surface area contributed by atoms with E-state index < -0.39 is 0 Å². The molecule has 4 aliphatic rings. The highest BCUT2D eigenvalue weighted by Crippen LogP contribution is 2.45. The molecule has 0 radical (unpaired) electrons. The topological polar surface area (TPSA) is 40.5 Å². The molecule has 2 heterocycles. The molecule has 2 aromatic rings. The summed E-state index contributed by atoms with van der Waals surface area (Å²) >= 11 is 0. The smallest absolute Gasteiger partial charge is 0.258 e. The third-order valence-corrected chi connectivity index (χ3v) is 6.34. The molecule has 0 saturated heterocycles. The minimum Gasteiger partial charge on any atom is -0.507 e. The number of carbonyl (C=O) groups excluding carboxylic acids is 1. The quantitative estimate of drug-likeness (QED) is 0.851. The normalized spacial score (nSPS) is 23.9. The second-order valence-electron chi connectivity index (χ2n) is 7.80. The third-order valence-electron chi connectivity index (χ3n) is 6.34. The average molecular weight is 333 g/mol. The lowest BCUT2D eigenvalue weighted by atomic mass is 9.75. The second-order valence-corrected chi connectivity index (χ2v) is 7.80. The molecule has 128 valence electrons. The van der Waals surface area contributed by atoms with Gasteiger partial charge >= 0.3 is 0 Å². The summed E-state index contributed by atoms with van der Waals surface area (Å²) in [6, 6.07) is 12.6. The Balaban J connectivity index is 1.51. The van der Waals surface area contributed by atoms with Crippen LogP contribution in [0, 0.1) is 0 Å². The van der Waals surface area contributed by atoms with Gasteiger partial charge in [-0.05, 0) is 78.8 Å². The van der Waals surface area contributed by atoms with Crippen molar-refractivity contribution in [2.24, 2.45) is 0 Å². The molecule has 2 aliphatic carbocycles. The summed E-state index contributed by atoms with van der Waals surface area (Å²) < 4.78 is 0. The Morgan fingerprint density at radius 2 is 1.72 bits per heavy atom. The SMILES string of the molecule is O=C(c1cc2c(cc1O)CCCC2)N1Cc2ccccc2C2CC1C2. The van der Waals surface area contributed by atoms with Crippen LogP contribution in [0.2, 0.25) is 0 Å². The van der Waals surface area contributed by atoms with Gasteiger partial charge in [-0.25, -0.2) is 0 Å². The number of amides is 1. The molecule has 3 nitrogen and oxygen atoms in total. The van der Waals surface area contributed by atoms with Crippen LogP contribution >= 0.6 is 0 Å². The Kier molecular flexibility index (Phi) is 3.37. The second kappa shape index (κ2) is 5.62. The standard InChI is InChI=1S/C22H23NO2/c24-21-12-15-6-2-1-5-14(15)11-20(21)22(25)23-13-16-7-3-4-8-19(16)17-9-18(23)10-17/h3-4,7-8,11-12,17-18,24H,1-2,5-6,9-10,13H2. The Hall–Kier alpha value is -2.29. The van der Waals surface area contributed by atoms with E-state index in [1.54, 1.807) is 0 Å². The van der Waals surface area contributed by atoms with Crippen molar-refractivity contribution in [2.45, 2.75) is 57.0 Å². The van der Waals surface area contributed by atoms with Gasteiger partial charge in [-0.1, -0.05) is 24.3 Å². The summed E-state index contributed by atoms with van der Waals surface area (Å²) in [7, 11) is 0. The van der Waals surface area contributed by atoms with E-state index in [0.717, 1.165) is 25.7 Å². The van der Waals surface area contributed by atoms with Crippen molar-refractivity contribution in [3.8, 4) is 5.75 Å². The van der Waals surface area contributed by atoms with Crippen molar-refractivity contribution >= 4 is 5.91 Å². The molecule has 1 amide bonds. The van der Waals surface area contributed by atoms with Crippen LogP contribution in [0.1, 0.15) is 64.2 Å². The van der Waals surface area contributed by atoms with E-state index in [9.17, 15) is 9.90 Å². The van der Waals surface area contributed by atoms with Gasteiger partial charge in [0.2, 0.25) is 0 Å². The van der Waals surface area contributed by atoms with E-state index >= 15 is 0 Å². The lowest BCUT2D eigenvalue weighted by molar-refractivity contribution is 0.0549. The molecule has 1 N–H and O–H groups in total. The van der Waals surface area contributed by atoms with Crippen molar-refractivity contribution < 1.29 is 9.90 Å². The highest BCUT2D eigenvalue weighted by molar-refractivity contribution is 5.97. The first-order chi connectivity index (χ1) is 12.2. The Morgan fingerprint density at radius 3 is 2.52 bits per heavy atom. The van der Waals surface area contributed by atoms with E-state index in [-0.39, 0.29) is 11.7 Å². The Bertz CT molecular complexity index is 851. The number of hydrogen-bond acceptors (Lipinski definition) is 2. The molecular weight excluding hydrogens is 310 g/mol. The molecule has 25 heavy (non-hydrogen) atoms. The van der Waals surface area contributed by atoms with Crippen LogP contribution in [0.3, 0.4) is 0 Å². The van der Waals surface area contributed by atoms with Gasteiger partial charge < -0.3 is 10.0 Å². The lowest BCUT2D eigenvalue weighted by Gasteiger charge is -2.39. The Labute approximate surface area is 148 Å². The molecule has 2 bridgehead atoms. The fraction of sp³-hybridized carbons (Fsp3) is 0.409. The van der Waals surface area contributed by atoms with Crippen LogP contribution in [0.5, 0.6) is 5.75 Å². The van der Waals surface area contributed by atoms with Gasteiger partial charge in [0, 0.05) is 12.6 Å². The molecular formula is C22H23NO2. The molecule has 1 fully saturated rings. The molecule has 2 aliphatic heterocycles. The van der Waals surface area contributed by atoms with Gasteiger partial charge in [0.25, 0.3) is 5.91 Å². The zero-order valence-electron chi connectivity index (χ0n) is 14.4. The monoisotopic (exact) mass is 333 g/mol. The summed E-state index contributed by atoms with van der Waals surface area (Å²) in [6.07, 6.45) is 6.48. The molecule has 0 atom stereocenters. The number of nitrogens with zero attached hydrogens (tertiary/aromatic N) is 1. The maximum atomic E-state index is 13.3. The van der Waals surface area contributed by atoms with E-state index in [1.807, 2.05) is 17.0 Å². The van der Waals surface area contributed by atoms with Crippen LogP contribution < -0.4 is 0 Å². The minimum absolute atomic E-state index is 0.00831. The van der Waals surface area contributed by atoms with Crippen LogP contribution in [-0.2, 0) is 19.4 Å². The summed E-state index contributed by atoms with van der Waals surface area (Å²) in [5.41, 5.74) is 5.62. The zero-order chi connectivity index (χ0) is 17.0. The maximum Gasteiger partial charge on any atom is 0.258 e. The van der Waals surface area contributed by atoms with E-state index in [4.69, 9.17) is 0 Å². The molecule has 3 heteroatoms. The number of aryl methyl sites for hydroxylation is 2. The first kappa shape index (κ1) is 15.0. The minimum atomic E-state index is -0.00831. The van der Waals surface area contributed by atoms with Crippen molar-refractivity contribution in [3.05, 3.63) is 64.2 Å². The van der Waals surface area contributed by atoms with E-state index in [0.29, 0.717) is 24.1 Å². The number of fused-ring (bicyclic) bond motifs is 2. The number of carbonyl (C=O) groups is 1. The van der Waals surface area contributed by atoms with Crippen molar-refractivity contribution in [2.75, 3.05) is 0 Å². The number of benzene rings is 2. The maximum absolute atomic E-state index is 13.3. The van der Waals surface area contributed by atoms with E-state index in [2.05, 4.69) is 24.3 Å². The molecule has 0 spiro atoms. The third kappa shape index (κ3) is 2.37. The van der Waals surface area contributed by atoms with Crippen LogP contribution in [-0.4, -0.2) is 22.0 Å². The molecule has 6 rings (SSSR count). The average Bonchev–Trinajstić information content (AvgIpc) is 2.86. The summed E-state index contributed by atoms with van der Waals surface area (Å²) in [5, 5.41) is 10.5. The van der Waals surface area contributed by atoms with Crippen molar-refractivity contribution in [1.82, 2.24) is 4.90 Å². The van der Waals surface area contributed by atoms with Crippen LogP contribution in [0.25, 0.3) is 0 Å². The summed E-state index contributed by atoms with van der Waals surface area (Å²) in [5.74, 6) is 0.737. The first-order valence-electron chi connectivity index (χ1n) is 9.44. The molecule has 0 aromatic heterocycles. The van der Waals surface area contributed by atoms with Gasteiger partial charge in [-0.15, -0.1) is 0 Å². The fourth-order valence-electron chi connectivity index (χ4n) is 4.82. The summed E-state index contributed by atoms with van der Waals surface area (Å²) in [6.45, 7) is 0.659. The van der Waals surface area contributed by atoms with Crippen molar-refractivity contribution in [1.29, 1.82) is 0 Å². The number of phenolic OH excluding ortho intramolecular Hbond substituents is 1. The lowest BCUT2D eigenvalue weighted by Crippen LogP contribution is -2.44. The highest BCUT2D eigenvalue weighted by Gasteiger charge is 2.41. The molecule has 1 saturated carbocycles. The summed E-state index contributed by atoms with van der Waals surface area (Å²) in [4.78, 5) is 15.3. The largest absolute Gasteiger partial charge is 0.507 e. The van der Waals surface area contributed by atoms with E-state index in [1.165, 1.54) is 35.1 Å². The Morgan fingerprint density at radius 1 is 1.00 bits per heavy atom. The van der Waals surface area contributed by atoms with Gasteiger partial charge in [0.05, 0.1) is 5.56 Å². The first-order valence-corrected chi connectivity index (χ1v) is 9.44. The highest BCUT2D eigenvalue weighted by atomic mass is 16.3.